The first-order chi connectivity index (χ1) is 12.6. The van der Waals surface area contributed by atoms with Crippen molar-refractivity contribution in [1.82, 2.24) is 15.0 Å². The van der Waals surface area contributed by atoms with Gasteiger partial charge in [-0.3, -0.25) is 0 Å². The average molecular weight is 356 g/mol. The first-order valence-corrected chi connectivity index (χ1v) is 9.26. The minimum atomic E-state index is -0.288. The lowest BCUT2D eigenvalue weighted by Crippen LogP contribution is -2.46. The monoisotopic (exact) mass is 356 g/mol. The van der Waals surface area contributed by atoms with Crippen molar-refractivity contribution in [3.05, 3.63) is 36.5 Å². The second kappa shape index (κ2) is 7.05. The number of hydrogen-bond donors (Lipinski definition) is 0. The van der Waals surface area contributed by atoms with E-state index in [1.165, 1.54) is 25.1 Å². The predicted molar refractivity (Wildman–Crippen MR) is 101 cm³/mol. The summed E-state index contributed by atoms with van der Waals surface area (Å²) in [6.07, 6.45) is 7.54. The molecule has 1 saturated heterocycles. The van der Waals surface area contributed by atoms with Crippen molar-refractivity contribution in [2.24, 2.45) is 0 Å². The van der Waals surface area contributed by atoms with Gasteiger partial charge in [-0.05, 0) is 37.8 Å². The van der Waals surface area contributed by atoms with Crippen LogP contribution in [0.3, 0.4) is 0 Å². The Morgan fingerprint density at radius 3 is 2.27 bits per heavy atom. The van der Waals surface area contributed by atoms with Crippen molar-refractivity contribution < 1.29 is 4.39 Å². The number of nitrogens with zero attached hydrogens (tertiary/aromatic N) is 6. The number of hydrogen-bond acceptors (Lipinski definition) is 6. The SMILES string of the molecule is CN(C)c1cc(N(C2CC2)C2CCN(c3ccc(F)cn3)CC2)ncn1. The first kappa shape index (κ1) is 17.0. The number of rotatable bonds is 5. The highest BCUT2D eigenvalue weighted by molar-refractivity contribution is 5.52. The summed E-state index contributed by atoms with van der Waals surface area (Å²) < 4.78 is 13.1. The third-order valence-corrected chi connectivity index (χ3v) is 5.19. The van der Waals surface area contributed by atoms with Crippen LogP contribution in [0, 0.1) is 5.82 Å². The topological polar surface area (TPSA) is 48.4 Å². The van der Waals surface area contributed by atoms with E-state index < -0.39 is 0 Å². The summed E-state index contributed by atoms with van der Waals surface area (Å²) in [7, 11) is 4.00. The molecule has 0 aromatic carbocycles. The molecular weight excluding hydrogens is 331 g/mol. The van der Waals surface area contributed by atoms with Crippen molar-refractivity contribution in [3.63, 3.8) is 0 Å². The minimum Gasteiger partial charge on any atom is -0.363 e. The Morgan fingerprint density at radius 1 is 0.962 bits per heavy atom. The van der Waals surface area contributed by atoms with Crippen molar-refractivity contribution >= 4 is 17.5 Å². The largest absolute Gasteiger partial charge is 0.363 e. The molecule has 4 rings (SSSR count). The molecule has 1 saturated carbocycles. The van der Waals surface area contributed by atoms with Gasteiger partial charge in [-0.2, -0.15) is 0 Å². The van der Waals surface area contributed by atoms with E-state index in [2.05, 4.69) is 30.8 Å². The molecule has 2 aromatic rings. The van der Waals surface area contributed by atoms with Crippen LogP contribution in [0.15, 0.2) is 30.7 Å². The van der Waals surface area contributed by atoms with Crippen molar-refractivity contribution in [2.45, 2.75) is 37.8 Å². The molecule has 1 aliphatic heterocycles. The smallest absolute Gasteiger partial charge is 0.141 e. The fourth-order valence-electron chi connectivity index (χ4n) is 3.68. The van der Waals surface area contributed by atoms with Crippen LogP contribution < -0.4 is 14.7 Å². The van der Waals surface area contributed by atoms with Gasteiger partial charge in [-0.25, -0.2) is 19.3 Å². The van der Waals surface area contributed by atoms with Gasteiger partial charge in [0.2, 0.25) is 0 Å². The van der Waals surface area contributed by atoms with E-state index in [1.807, 2.05) is 19.0 Å². The third kappa shape index (κ3) is 3.57. The van der Waals surface area contributed by atoms with Crippen LogP contribution in [0.4, 0.5) is 21.8 Å². The Morgan fingerprint density at radius 2 is 1.65 bits per heavy atom. The molecule has 0 N–H and O–H groups in total. The number of piperidine rings is 1. The molecule has 2 aliphatic rings. The molecule has 26 heavy (non-hydrogen) atoms. The summed E-state index contributed by atoms with van der Waals surface area (Å²) >= 11 is 0. The average Bonchev–Trinajstić information content (AvgIpc) is 3.48. The molecule has 3 heterocycles. The maximum Gasteiger partial charge on any atom is 0.141 e. The van der Waals surface area contributed by atoms with E-state index >= 15 is 0 Å². The number of pyridine rings is 1. The van der Waals surface area contributed by atoms with Gasteiger partial charge < -0.3 is 14.7 Å². The lowest BCUT2D eigenvalue weighted by Gasteiger charge is -2.40. The fourth-order valence-corrected chi connectivity index (χ4v) is 3.68. The maximum absolute atomic E-state index is 13.1. The first-order valence-electron chi connectivity index (χ1n) is 9.26. The molecule has 0 atom stereocenters. The molecule has 2 aromatic heterocycles. The second-order valence-electron chi connectivity index (χ2n) is 7.32. The van der Waals surface area contributed by atoms with Crippen molar-refractivity contribution in [1.29, 1.82) is 0 Å². The lowest BCUT2D eigenvalue weighted by atomic mass is 10.0. The quantitative estimate of drug-likeness (QED) is 0.821. The van der Waals surface area contributed by atoms with Crippen LogP contribution in [0.25, 0.3) is 0 Å². The lowest BCUT2D eigenvalue weighted by molar-refractivity contribution is 0.457. The molecule has 0 unspecified atom stereocenters. The van der Waals surface area contributed by atoms with Crippen LogP contribution in [0.1, 0.15) is 25.7 Å². The highest BCUT2D eigenvalue weighted by Crippen LogP contribution is 2.36. The van der Waals surface area contributed by atoms with Gasteiger partial charge in [-0.15, -0.1) is 0 Å². The van der Waals surface area contributed by atoms with Crippen LogP contribution in [-0.2, 0) is 0 Å². The fraction of sp³-hybridized carbons (Fsp3) is 0.526. The Hall–Kier alpha value is -2.44. The Kier molecular flexibility index (Phi) is 4.61. The molecule has 2 fully saturated rings. The van der Waals surface area contributed by atoms with Gasteiger partial charge in [0.15, 0.2) is 0 Å². The van der Waals surface area contributed by atoms with Gasteiger partial charge in [0.05, 0.1) is 6.20 Å². The zero-order valence-electron chi connectivity index (χ0n) is 15.3. The summed E-state index contributed by atoms with van der Waals surface area (Å²) in [6.45, 7) is 1.86. The van der Waals surface area contributed by atoms with Gasteiger partial charge in [0.1, 0.15) is 29.6 Å². The van der Waals surface area contributed by atoms with Gasteiger partial charge >= 0.3 is 0 Å². The number of halogens is 1. The van der Waals surface area contributed by atoms with Gasteiger partial charge in [0.25, 0.3) is 0 Å². The summed E-state index contributed by atoms with van der Waals surface area (Å²) in [6, 6.07) is 6.41. The van der Waals surface area contributed by atoms with E-state index in [0.717, 1.165) is 43.4 Å². The van der Waals surface area contributed by atoms with E-state index in [9.17, 15) is 4.39 Å². The summed E-state index contributed by atoms with van der Waals surface area (Å²) in [4.78, 5) is 19.9. The summed E-state index contributed by atoms with van der Waals surface area (Å²) in [5.74, 6) is 2.54. The van der Waals surface area contributed by atoms with E-state index in [-0.39, 0.29) is 5.82 Å². The molecule has 0 bridgehead atoms. The van der Waals surface area contributed by atoms with Crippen molar-refractivity contribution in [3.8, 4) is 0 Å². The maximum atomic E-state index is 13.1. The van der Waals surface area contributed by atoms with Crippen molar-refractivity contribution in [2.75, 3.05) is 41.9 Å². The summed E-state index contributed by atoms with van der Waals surface area (Å²) in [5.41, 5.74) is 0. The molecule has 0 radical (unpaired) electrons. The zero-order chi connectivity index (χ0) is 18.1. The zero-order valence-corrected chi connectivity index (χ0v) is 15.3. The highest BCUT2D eigenvalue weighted by Gasteiger charge is 2.36. The minimum absolute atomic E-state index is 0.288. The predicted octanol–water partition coefficient (Wildman–Crippen LogP) is 2.71. The second-order valence-corrected chi connectivity index (χ2v) is 7.32. The summed E-state index contributed by atoms with van der Waals surface area (Å²) in [5, 5.41) is 0. The van der Waals surface area contributed by atoms with Crippen LogP contribution in [0.5, 0.6) is 0 Å². The standard InChI is InChI=1S/C19H25FN6/c1-24(2)18-11-19(23-13-22-18)26(15-4-5-15)16-7-9-25(10-8-16)17-6-3-14(20)12-21-17/h3,6,11-13,15-16H,4-5,7-10H2,1-2H3. The molecule has 0 amide bonds. The molecule has 6 nitrogen and oxygen atoms in total. The molecule has 138 valence electrons. The molecule has 1 aliphatic carbocycles. The van der Waals surface area contributed by atoms with E-state index in [1.54, 1.807) is 12.4 Å². The molecule has 0 spiro atoms. The van der Waals surface area contributed by atoms with E-state index in [0.29, 0.717) is 12.1 Å². The Bertz CT molecular complexity index is 738. The Balaban J connectivity index is 1.47. The Labute approximate surface area is 153 Å². The molecular formula is C19H25FN6. The van der Waals surface area contributed by atoms with Crippen LogP contribution in [-0.4, -0.2) is 54.2 Å². The normalized spacial score (nSPS) is 18.0. The van der Waals surface area contributed by atoms with Gasteiger partial charge in [-0.1, -0.05) is 0 Å². The van der Waals surface area contributed by atoms with Crippen LogP contribution >= 0.6 is 0 Å². The van der Waals surface area contributed by atoms with Crippen LogP contribution in [0.2, 0.25) is 0 Å². The van der Waals surface area contributed by atoms with Gasteiger partial charge in [0, 0.05) is 45.3 Å². The van der Waals surface area contributed by atoms with E-state index in [4.69, 9.17) is 0 Å². The number of anilines is 3. The molecule has 7 heteroatoms. The third-order valence-electron chi connectivity index (χ3n) is 5.19. The highest BCUT2D eigenvalue weighted by atomic mass is 19.1. The number of aromatic nitrogens is 3.